The van der Waals surface area contributed by atoms with Crippen molar-refractivity contribution in [1.82, 2.24) is 4.90 Å². The average molecular weight is 331 g/mol. The number of rotatable bonds is 3. The van der Waals surface area contributed by atoms with Gasteiger partial charge in [0.15, 0.2) is 0 Å². The zero-order valence-corrected chi connectivity index (χ0v) is 15.0. The molecule has 1 aromatic rings. The molecular formula is C20H29NO3. The van der Waals surface area contributed by atoms with Crippen molar-refractivity contribution in [2.45, 2.75) is 69.4 Å². The molecule has 2 fully saturated rings. The van der Waals surface area contributed by atoms with Gasteiger partial charge in [-0.3, -0.25) is 0 Å². The summed E-state index contributed by atoms with van der Waals surface area (Å²) in [6.07, 6.45) is 5.62. The number of aliphatic hydroxyl groups is 1. The van der Waals surface area contributed by atoms with Crippen molar-refractivity contribution >= 4 is 5.97 Å². The van der Waals surface area contributed by atoms with Crippen LogP contribution in [0.1, 0.15) is 67.4 Å². The number of hydrogen-bond acceptors (Lipinski definition) is 3. The van der Waals surface area contributed by atoms with E-state index in [1.165, 1.54) is 5.56 Å². The lowest BCUT2D eigenvalue weighted by molar-refractivity contribution is -0.148. The zero-order chi connectivity index (χ0) is 17.5. The molecule has 4 nitrogen and oxygen atoms in total. The van der Waals surface area contributed by atoms with Gasteiger partial charge >= 0.3 is 5.97 Å². The van der Waals surface area contributed by atoms with Crippen molar-refractivity contribution < 1.29 is 15.0 Å². The third kappa shape index (κ3) is 2.39. The van der Waals surface area contributed by atoms with Crippen LogP contribution in [0, 0.1) is 0 Å². The molecule has 24 heavy (non-hydrogen) atoms. The van der Waals surface area contributed by atoms with Gasteiger partial charge in [-0.05, 0) is 69.5 Å². The van der Waals surface area contributed by atoms with Crippen LogP contribution < -0.4 is 0 Å². The van der Waals surface area contributed by atoms with Crippen molar-refractivity contribution in [3.8, 4) is 0 Å². The summed E-state index contributed by atoms with van der Waals surface area (Å²) in [5, 5.41) is 21.2. The molecule has 3 atom stereocenters. The number of carbonyl (C=O) groups is 1. The van der Waals surface area contributed by atoms with Crippen LogP contribution >= 0.6 is 0 Å². The van der Waals surface area contributed by atoms with Gasteiger partial charge in [-0.1, -0.05) is 25.8 Å². The Morgan fingerprint density at radius 2 is 2.00 bits per heavy atom. The molecule has 4 heteroatoms. The normalized spacial score (nSPS) is 33.9. The molecule has 0 aromatic heterocycles. The van der Waals surface area contributed by atoms with Crippen LogP contribution in [0.25, 0.3) is 0 Å². The van der Waals surface area contributed by atoms with Crippen LogP contribution in [0.5, 0.6) is 0 Å². The second-order valence-corrected chi connectivity index (χ2v) is 7.65. The lowest BCUT2D eigenvalue weighted by Gasteiger charge is -2.60. The molecule has 1 aliphatic carbocycles. The Morgan fingerprint density at radius 3 is 2.67 bits per heavy atom. The number of carboxylic acids is 1. The highest BCUT2D eigenvalue weighted by atomic mass is 16.4. The number of piperidine rings is 1. The fraction of sp³-hybridized carbons (Fsp3) is 0.650. The van der Waals surface area contributed by atoms with Gasteiger partial charge in [0.1, 0.15) is 0 Å². The number of likely N-dealkylation sites (N-methyl/N-ethyl adjacent to an activating group) is 1. The lowest BCUT2D eigenvalue weighted by atomic mass is 9.53. The molecule has 3 unspecified atom stereocenters. The van der Waals surface area contributed by atoms with Crippen molar-refractivity contribution in [2.75, 3.05) is 13.6 Å². The van der Waals surface area contributed by atoms with Crippen LogP contribution in [-0.4, -0.2) is 46.3 Å². The number of aromatic carboxylic acids is 1. The molecule has 3 rings (SSSR count). The van der Waals surface area contributed by atoms with E-state index in [2.05, 4.69) is 25.8 Å². The molecule has 1 saturated carbocycles. The lowest BCUT2D eigenvalue weighted by Crippen LogP contribution is -2.68. The molecular weight excluding hydrogens is 302 g/mol. The van der Waals surface area contributed by atoms with Crippen LogP contribution in [0.3, 0.4) is 0 Å². The Kier molecular flexibility index (Phi) is 4.47. The average Bonchev–Trinajstić information content (AvgIpc) is 2.58. The van der Waals surface area contributed by atoms with E-state index < -0.39 is 11.6 Å². The molecule has 1 aliphatic heterocycles. The molecule has 2 aliphatic rings. The Hall–Kier alpha value is -1.39. The van der Waals surface area contributed by atoms with E-state index in [0.29, 0.717) is 5.56 Å². The molecule has 0 spiro atoms. The van der Waals surface area contributed by atoms with Crippen molar-refractivity contribution in [1.29, 1.82) is 0 Å². The molecule has 1 heterocycles. The molecule has 2 N–H and O–H groups in total. The summed E-state index contributed by atoms with van der Waals surface area (Å²) in [5.74, 6) is -0.893. The first-order chi connectivity index (χ1) is 11.4. The first-order valence-electron chi connectivity index (χ1n) is 9.15. The summed E-state index contributed by atoms with van der Waals surface area (Å²) >= 11 is 0. The monoisotopic (exact) mass is 331 g/mol. The van der Waals surface area contributed by atoms with E-state index in [0.717, 1.165) is 50.6 Å². The Labute approximate surface area is 144 Å². The summed E-state index contributed by atoms with van der Waals surface area (Å²) in [4.78, 5) is 13.8. The van der Waals surface area contributed by atoms with Gasteiger partial charge < -0.3 is 15.1 Å². The predicted molar refractivity (Wildman–Crippen MR) is 94.6 cm³/mol. The maximum absolute atomic E-state index is 11.8. The van der Waals surface area contributed by atoms with Gasteiger partial charge in [-0.2, -0.15) is 0 Å². The summed E-state index contributed by atoms with van der Waals surface area (Å²) in [5.41, 5.74) is 1.47. The minimum absolute atomic E-state index is 0.0738. The fourth-order valence-corrected chi connectivity index (χ4v) is 5.12. The van der Waals surface area contributed by atoms with Gasteiger partial charge in [0.25, 0.3) is 0 Å². The first-order valence-corrected chi connectivity index (χ1v) is 9.15. The number of hydrogen-bond donors (Lipinski definition) is 2. The van der Waals surface area contributed by atoms with Gasteiger partial charge in [0, 0.05) is 11.5 Å². The highest BCUT2D eigenvalue weighted by Crippen LogP contribution is 2.54. The highest BCUT2D eigenvalue weighted by molar-refractivity contribution is 5.88. The quantitative estimate of drug-likeness (QED) is 0.893. The third-order valence-electron chi connectivity index (χ3n) is 6.74. The van der Waals surface area contributed by atoms with Gasteiger partial charge in [0.2, 0.25) is 0 Å². The second kappa shape index (κ2) is 6.16. The third-order valence-corrected chi connectivity index (χ3v) is 6.74. The van der Waals surface area contributed by atoms with Gasteiger partial charge in [-0.25, -0.2) is 4.79 Å². The number of likely N-dealkylation sites (tertiary alicyclic amines) is 1. The van der Waals surface area contributed by atoms with Crippen molar-refractivity contribution in [2.24, 2.45) is 0 Å². The maximum Gasteiger partial charge on any atom is 0.335 e. The van der Waals surface area contributed by atoms with Crippen LogP contribution in [0.15, 0.2) is 18.2 Å². The highest BCUT2D eigenvalue weighted by Gasteiger charge is 2.59. The summed E-state index contributed by atoms with van der Waals surface area (Å²) in [6, 6.07) is 5.56. The Bertz CT molecular complexity index is 644. The van der Waals surface area contributed by atoms with Gasteiger partial charge in [0.05, 0.1) is 11.2 Å². The maximum atomic E-state index is 11.8. The number of carboxylic acid groups (broad SMARTS) is 1. The van der Waals surface area contributed by atoms with E-state index in [-0.39, 0.29) is 11.5 Å². The SMILES string of the molecule is CCc1ccc(C(=O)O)cc1C12CCCCC1(O)C(C)N(C)CC2. The summed E-state index contributed by atoms with van der Waals surface area (Å²) < 4.78 is 0. The number of nitrogens with zero attached hydrogens (tertiary/aromatic N) is 1. The van der Waals surface area contributed by atoms with E-state index in [4.69, 9.17) is 0 Å². The Morgan fingerprint density at radius 1 is 1.29 bits per heavy atom. The van der Waals surface area contributed by atoms with E-state index in [9.17, 15) is 15.0 Å². The zero-order valence-electron chi connectivity index (χ0n) is 15.0. The van der Waals surface area contributed by atoms with Gasteiger partial charge in [-0.15, -0.1) is 0 Å². The molecule has 0 bridgehead atoms. The van der Waals surface area contributed by atoms with Crippen LogP contribution in [-0.2, 0) is 11.8 Å². The second-order valence-electron chi connectivity index (χ2n) is 7.65. The molecule has 1 aromatic carbocycles. The number of aryl methyl sites for hydroxylation is 1. The van der Waals surface area contributed by atoms with E-state index in [1.807, 2.05) is 12.1 Å². The van der Waals surface area contributed by atoms with E-state index >= 15 is 0 Å². The first kappa shape index (κ1) is 17.4. The minimum atomic E-state index is -0.893. The standard InChI is InChI=1S/C20H29NO3/c1-4-15-7-8-16(18(22)23)13-17(15)19-9-5-6-10-20(19,24)14(2)21(3)12-11-19/h7-8,13-14,24H,4-6,9-12H2,1-3H3,(H,22,23). The number of fused-ring (bicyclic) bond motifs is 1. The van der Waals surface area contributed by atoms with Crippen molar-refractivity contribution in [3.05, 3.63) is 34.9 Å². The van der Waals surface area contributed by atoms with E-state index in [1.54, 1.807) is 6.07 Å². The largest absolute Gasteiger partial charge is 0.478 e. The minimum Gasteiger partial charge on any atom is -0.478 e. The van der Waals surface area contributed by atoms with Crippen LogP contribution in [0.2, 0.25) is 0 Å². The Balaban J connectivity index is 2.20. The molecule has 1 saturated heterocycles. The molecule has 0 radical (unpaired) electrons. The molecule has 132 valence electrons. The fourth-order valence-electron chi connectivity index (χ4n) is 5.12. The predicted octanol–water partition coefficient (Wildman–Crippen LogP) is 3.21. The number of benzene rings is 1. The topological polar surface area (TPSA) is 60.8 Å². The smallest absolute Gasteiger partial charge is 0.335 e. The summed E-state index contributed by atoms with van der Waals surface area (Å²) in [7, 11) is 2.08. The molecule has 0 amide bonds. The summed E-state index contributed by atoms with van der Waals surface area (Å²) in [6.45, 7) is 5.16. The van der Waals surface area contributed by atoms with Crippen LogP contribution in [0.4, 0.5) is 0 Å². The van der Waals surface area contributed by atoms with Crippen molar-refractivity contribution in [3.63, 3.8) is 0 Å².